The molecule has 0 aromatic rings. The molecule has 0 amide bonds. The summed E-state index contributed by atoms with van der Waals surface area (Å²) in [6.45, 7) is 7.95. The Kier molecular flexibility index (Phi) is 8.21. The molecule has 1 unspecified atom stereocenters. The van der Waals surface area contributed by atoms with E-state index in [0.717, 1.165) is 19.4 Å². The molecule has 0 aliphatic heterocycles. The standard InChI is InChI=1S/C12H25NO3/c1-5-8-13-12(3,7-9-15-4)10-11(14)16-6-2/h13H,5-10H2,1-4H3. The quantitative estimate of drug-likeness (QED) is 0.614. The lowest BCUT2D eigenvalue weighted by Gasteiger charge is -2.29. The Morgan fingerprint density at radius 2 is 2.06 bits per heavy atom. The van der Waals surface area contributed by atoms with Gasteiger partial charge in [-0.3, -0.25) is 4.79 Å². The number of hydrogen-bond donors (Lipinski definition) is 1. The van der Waals surface area contributed by atoms with E-state index >= 15 is 0 Å². The molecular weight excluding hydrogens is 206 g/mol. The topological polar surface area (TPSA) is 47.6 Å². The minimum Gasteiger partial charge on any atom is -0.466 e. The first-order valence-electron chi connectivity index (χ1n) is 5.97. The van der Waals surface area contributed by atoms with Gasteiger partial charge in [-0.15, -0.1) is 0 Å². The molecule has 0 saturated heterocycles. The number of nitrogens with one attached hydrogen (secondary N) is 1. The Balaban J connectivity index is 4.21. The number of carbonyl (C=O) groups is 1. The molecule has 16 heavy (non-hydrogen) atoms. The first-order valence-corrected chi connectivity index (χ1v) is 5.97. The zero-order valence-electron chi connectivity index (χ0n) is 11.0. The minimum absolute atomic E-state index is 0.148. The van der Waals surface area contributed by atoms with Gasteiger partial charge < -0.3 is 14.8 Å². The Morgan fingerprint density at radius 3 is 2.56 bits per heavy atom. The van der Waals surface area contributed by atoms with E-state index < -0.39 is 0 Å². The van der Waals surface area contributed by atoms with Gasteiger partial charge in [-0.2, -0.15) is 0 Å². The summed E-state index contributed by atoms with van der Waals surface area (Å²) in [5, 5.41) is 3.39. The van der Waals surface area contributed by atoms with Gasteiger partial charge in [0.25, 0.3) is 0 Å². The molecule has 4 nitrogen and oxygen atoms in total. The molecule has 0 rings (SSSR count). The molecule has 0 saturated carbocycles. The van der Waals surface area contributed by atoms with Crippen molar-refractivity contribution in [2.75, 3.05) is 26.9 Å². The van der Waals surface area contributed by atoms with Crippen LogP contribution in [0, 0.1) is 0 Å². The molecule has 1 N–H and O–H groups in total. The van der Waals surface area contributed by atoms with E-state index in [1.54, 1.807) is 7.11 Å². The van der Waals surface area contributed by atoms with Crippen LogP contribution in [0.4, 0.5) is 0 Å². The highest BCUT2D eigenvalue weighted by Crippen LogP contribution is 2.16. The fourth-order valence-electron chi connectivity index (χ4n) is 1.52. The lowest BCUT2D eigenvalue weighted by atomic mass is 9.93. The maximum Gasteiger partial charge on any atom is 0.307 e. The molecule has 0 radical (unpaired) electrons. The van der Waals surface area contributed by atoms with Gasteiger partial charge in [-0.25, -0.2) is 0 Å². The van der Waals surface area contributed by atoms with Crippen molar-refractivity contribution in [3.8, 4) is 0 Å². The van der Waals surface area contributed by atoms with E-state index in [-0.39, 0.29) is 11.5 Å². The maximum atomic E-state index is 11.5. The number of carbonyl (C=O) groups excluding carboxylic acids is 1. The van der Waals surface area contributed by atoms with Crippen LogP contribution in [0.5, 0.6) is 0 Å². The Morgan fingerprint density at radius 1 is 1.38 bits per heavy atom. The van der Waals surface area contributed by atoms with E-state index in [2.05, 4.69) is 12.2 Å². The van der Waals surface area contributed by atoms with Crippen molar-refractivity contribution in [1.29, 1.82) is 0 Å². The SMILES string of the molecule is CCCNC(C)(CCOC)CC(=O)OCC. The summed E-state index contributed by atoms with van der Waals surface area (Å²) in [5.74, 6) is -0.148. The normalized spacial score (nSPS) is 14.5. The molecule has 96 valence electrons. The average Bonchev–Trinajstić information content (AvgIpc) is 2.24. The summed E-state index contributed by atoms with van der Waals surface area (Å²) in [6.07, 6.45) is 2.25. The molecular formula is C12H25NO3. The fraction of sp³-hybridized carbons (Fsp3) is 0.917. The van der Waals surface area contributed by atoms with Crippen molar-refractivity contribution in [2.24, 2.45) is 0 Å². The van der Waals surface area contributed by atoms with Gasteiger partial charge in [0.05, 0.1) is 13.0 Å². The van der Waals surface area contributed by atoms with Gasteiger partial charge in [0, 0.05) is 19.3 Å². The number of methoxy groups -OCH3 is 1. The van der Waals surface area contributed by atoms with E-state index in [1.165, 1.54) is 0 Å². The highest BCUT2D eigenvalue weighted by atomic mass is 16.5. The summed E-state index contributed by atoms with van der Waals surface area (Å²) in [6, 6.07) is 0. The zero-order chi connectivity index (χ0) is 12.4. The van der Waals surface area contributed by atoms with Crippen molar-refractivity contribution in [3.05, 3.63) is 0 Å². The Labute approximate surface area is 98.7 Å². The first kappa shape index (κ1) is 15.4. The van der Waals surface area contributed by atoms with Gasteiger partial charge in [-0.05, 0) is 33.2 Å². The second-order valence-electron chi connectivity index (χ2n) is 4.21. The molecule has 0 aromatic carbocycles. The van der Waals surface area contributed by atoms with Crippen molar-refractivity contribution in [3.63, 3.8) is 0 Å². The minimum atomic E-state index is -0.224. The predicted molar refractivity (Wildman–Crippen MR) is 64.4 cm³/mol. The van der Waals surface area contributed by atoms with Crippen LogP contribution in [0.25, 0.3) is 0 Å². The molecule has 0 heterocycles. The third-order valence-electron chi connectivity index (χ3n) is 2.50. The summed E-state index contributed by atoms with van der Waals surface area (Å²) < 4.78 is 10.0. The van der Waals surface area contributed by atoms with Gasteiger partial charge in [-0.1, -0.05) is 6.92 Å². The van der Waals surface area contributed by atoms with E-state index in [4.69, 9.17) is 9.47 Å². The molecule has 0 bridgehead atoms. The van der Waals surface area contributed by atoms with E-state index in [9.17, 15) is 4.79 Å². The van der Waals surface area contributed by atoms with Crippen molar-refractivity contribution in [2.45, 2.75) is 45.6 Å². The lowest BCUT2D eigenvalue weighted by molar-refractivity contribution is -0.144. The second-order valence-corrected chi connectivity index (χ2v) is 4.21. The molecule has 0 aliphatic rings. The summed E-state index contributed by atoms with van der Waals surface area (Å²) in [5.41, 5.74) is -0.224. The molecule has 0 spiro atoms. The fourth-order valence-corrected chi connectivity index (χ4v) is 1.52. The van der Waals surface area contributed by atoms with E-state index in [0.29, 0.717) is 19.6 Å². The Bertz CT molecular complexity index is 187. The number of ether oxygens (including phenoxy) is 2. The highest BCUT2D eigenvalue weighted by Gasteiger charge is 2.27. The van der Waals surface area contributed by atoms with Crippen LogP contribution in [0.2, 0.25) is 0 Å². The lowest BCUT2D eigenvalue weighted by Crippen LogP contribution is -2.45. The third-order valence-corrected chi connectivity index (χ3v) is 2.50. The van der Waals surface area contributed by atoms with Crippen molar-refractivity contribution in [1.82, 2.24) is 5.32 Å². The molecule has 0 fully saturated rings. The highest BCUT2D eigenvalue weighted by molar-refractivity contribution is 5.70. The van der Waals surface area contributed by atoms with Crippen molar-refractivity contribution < 1.29 is 14.3 Å². The average molecular weight is 231 g/mol. The van der Waals surface area contributed by atoms with Crippen LogP contribution in [-0.2, 0) is 14.3 Å². The second kappa shape index (κ2) is 8.53. The first-order chi connectivity index (χ1) is 7.58. The van der Waals surface area contributed by atoms with E-state index in [1.807, 2.05) is 13.8 Å². The van der Waals surface area contributed by atoms with Crippen LogP contribution in [0.3, 0.4) is 0 Å². The summed E-state index contributed by atoms with van der Waals surface area (Å²) in [4.78, 5) is 11.5. The molecule has 1 atom stereocenters. The molecule has 0 aromatic heterocycles. The van der Waals surface area contributed by atoms with Gasteiger partial charge in [0.2, 0.25) is 0 Å². The Hall–Kier alpha value is -0.610. The predicted octanol–water partition coefficient (Wildman–Crippen LogP) is 1.73. The van der Waals surface area contributed by atoms with Crippen LogP contribution in [0.15, 0.2) is 0 Å². The number of rotatable bonds is 9. The maximum absolute atomic E-state index is 11.5. The summed E-state index contributed by atoms with van der Waals surface area (Å²) in [7, 11) is 1.67. The largest absolute Gasteiger partial charge is 0.466 e. The number of hydrogen-bond acceptors (Lipinski definition) is 4. The van der Waals surface area contributed by atoms with Crippen LogP contribution < -0.4 is 5.32 Å². The van der Waals surface area contributed by atoms with Crippen molar-refractivity contribution >= 4 is 5.97 Å². The monoisotopic (exact) mass is 231 g/mol. The smallest absolute Gasteiger partial charge is 0.307 e. The van der Waals surface area contributed by atoms with Gasteiger partial charge in [0.1, 0.15) is 0 Å². The molecule has 0 aliphatic carbocycles. The van der Waals surface area contributed by atoms with Crippen LogP contribution in [0.1, 0.15) is 40.0 Å². The van der Waals surface area contributed by atoms with Crippen LogP contribution in [-0.4, -0.2) is 38.4 Å². The third kappa shape index (κ3) is 6.80. The zero-order valence-corrected chi connectivity index (χ0v) is 11.0. The summed E-state index contributed by atoms with van der Waals surface area (Å²) >= 11 is 0. The number of esters is 1. The van der Waals surface area contributed by atoms with Gasteiger partial charge in [0.15, 0.2) is 0 Å². The van der Waals surface area contributed by atoms with Gasteiger partial charge >= 0.3 is 5.97 Å². The molecule has 4 heteroatoms. The van der Waals surface area contributed by atoms with Crippen LogP contribution >= 0.6 is 0 Å².